The van der Waals surface area contributed by atoms with Crippen LogP contribution in [-0.2, 0) is 11.8 Å². The summed E-state index contributed by atoms with van der Waals surface area (Å²) in [5.74, 6) is 0.0516. The Balaban J connectivity index is 2.02. The molecular weight excluding hydrogens is 341 g/mol. The van der Waals surface area contributed by atoms with Crippen LogP contribution in [0.4, 0.5) is 10.1 Å². The topological polar surface area (TPSA) is 52.4 Å². The van der Waals surface area contributed by atoms with Crippen molar-refractivity contribution in [1.82, 2.24) is 0 Å². The maximum Gasteiger partial charge on any atom is 0.272 e. The molecule has 0 atom stereocenters. The van der Waals surface area contributed by atoms with E-state index < -0.39 is 4.92 Å². The van der Waals surface area contributed by atoms with Crippen molar-refractivity contribution in [3.05, 3.63) is 69.5 Å². The first-order chi connectivity index (χ1) is 10.1. The number of hydrogen-bond acceptors (Lipinski definition) is 3. The normalized spacial score (nSPS) is 10.4. The molecule has 0 amide bonds. The molecule has 0 bridgehead atoms. The van der Waals surface area contributed by atoms with Crippen molar-refractivity contribution in [2.24, 2.45) is 0 Å². The number of para-hydroxylation sites is 1. The number of rotatable bonds is 6. The fourth-order valence-corrected chi connectivity index (χ4v) is 2.28. The summed E-state index contributed by atoms with van der Waals surface area (Å²) in [5.41, 5.74) is 1.44. The quantitative estimate of drug-likeness (QED) is 0.443. The van der Waals surface area contributed by atoms with Gasteiger partial charge in [0.25, 0.3) is 5.69 Å². The summed E-state index contributed by atoms with van der Waals surface area (Å²) >= 11 is 3.26. The first-order valence-electron chi connectivity index (χ1n) is 6.30. The molecule has 21 heavy (non-hydrogen) atoms. The zero-order valence-corrected chi connectivity index (χ0v) is 12.7. The summed E-state index contributed by atoms with van der Waals surface area (Å²) in [4.78, 5) is 10.5. The van der Waals surface area contributed by atoms with E-state index in [9.17, 15) is 14.5 Å². The number of alkyl halides is 1. The van der Waals surface area contributed by atoms with Crippen molar-refractivity contribution in [3.63, 3.8) is 0 Å². The van der Waals surface area contributed by atoms with Gasteiger partial charge in [-0.3, -0.25) is 10.1 Å². The van der Waals surface area contributed by atoms with Gasteiger partial charge in [-0.25, -0.2) is 4.39 Å². The van der Waals surface area contributed by atoms with Gasteiger partial charge in [0.2, 0.25) is 0 Å². The van der Waals surface area contributed by atoms with E-state index in [2.05, 4.69) is 15.9 Å². The molecule has 0 fully saturated rings. The summed E-state index contributed by atoms with van der Waals surface area (Å²) in [7, 11) is 0. The second kappa shape index (κ2) is 7.17. The predicted molar refractivity (Wildman–Crippen MR) is 81.3 cm³/mol. The third kappa shape index (κ3) is 4.26. The molecule has 0 heterocycles. The van der Waals surface area contributed by atoms with Crippen molar-refractivity contribution >= 4 is 21.6 Å². The van der Waals surface area contributed by atoms with E-state index in [4.69, 9.17) is 4.74 Å². The molecule has 0 unspecified atom stereocenters. The van der Waals surface area contributed by atoms with Crippen LogP contribution in [0, 0.1) is 15.9 Å². The van der Waals surface area contributed by atoms with E-state index in [0.29, 0.717) is 23.1 Å². The van der Waals surface area contributed by atoms with Gasteiger partial charge in [-0.2, -0.15) is 0 Å². The summed E-state index contributed by atoms with van der Waals surface area (Å²) in [6.07, 6.45) is 0.386. The SMILES string of the molecule is O=[N+]([O-])c1ccccc1CCOc1cc(F)cc(CBr)c1. The molecular formula is C15H13BrFNO3. The van der Waals surface area contributed by atoms with E-state index in [1.165, 1.54) is 18.2 Å². The van der Waals surface area contributed by atoms with Crippen molar-refractivity contribution in [3.8, 4) is 5.75 Å². The van der Waals surface area contributed by atoms with E-state index in [1.54, 1.807) is 24.3 Å². The van der Waals surface area contributed by atoms with Gasteiger partial charge in [-0.15, -0.1) is 0 Å². The number of hydrogen-bond donors (Lipinski definition) is 0. The highest BCUT2D eigenvalue weighted by Gasteiger charge is 2.12. The van der Waals surface area contributed by atoms with Gasteiger partial charge in [0.05, 0.1) is 11.5 Å². The summed E-state index contributed by atoms with van der Waals surface area (Å²) in [5, 5.41) is 11.4. The second-order valence-electron chi connectivity index (χ2n) is 4.41. The third-order valence-electron chi connectivity index (χ3n) is 2.91. The summed E-state index contributed by atoms with van der Waals surface area (Å²) in [6.45, 7) is 0.246. The van der Waals surface area contributed by atoms with Crippen LogP contribution in [0.5, 0.6) is 5.75 Å². The largest absolute Gasteiger partial charge is 0.493 e. The molecule has 0 aromatic heterocycles. The molecule has 2 aromatic rings. The number of halogens is 2. The van der Waals surface area contributed by atoms with Crippen LogP contribution < -0.4 is 4.74 Å². The number of benzene rings is 2. The maximum absolute atomic E-state index is 13.3. The summed E-state index contributed by atoms with van der Waals surface area (Å²) < 4.78 is 18.8. The lowest BCUT2D eigenvalue weighted by Gasteiger charge is -2.08. The second-order valence-corrected chi connectivity index (χ2v) is 4.97. The number of nitro benzene ring substituents is 1. The van der Waals surface area contributed by atoms with Gasteiger partial charge in [0, 0.05) is 29.4 Å². The molecule has 0 radical (unpaired) electrons. The predicted octanol–water partition coefficient (Wildman–Crippen LogP) is 4.25. The fourth-order valence-electron chi connectivity index (χ4n) is 1.96. The smallest absolute Gasteiger partial charge is 0.272 e. The van der Waals surface area contributed by atoms with Gasteiger partial charge >= 0.3 is 0 Å². The van der Waals surface area contributed by atoms with Crippen LogP contribution in [-0.4, -0.2) is 11.5 Å². The first kappa shape index (κ1) is 15.4. The molecule has 2 rings (SSSR count). The third-order valence-corrected chi connectivity index (χ3v) is 3.56. The molecule has 0 spiro atoms. The highest BCUT2D eigenvalue weighted by molar-refractivity contribution is 9.08. The Hall–Kier alpha value is -1.95. The molecule has 0 saturated carbocycles. The minimum absolute atomic E-state index is 0.0708. The Morgan fingerprint density at radius 2 is 2.00 bits per heavy atom. The number of nitrogens with zero attached hydrogens (tertiary/aromatic N) is 1. The molecule has 0 aliphatic rings. The Morgan fingerprint density at radius 1 is 1.24 bits per heavy atom. The molecule has 110 valence electrons. The number of nitro groups is 1. The van der Waals surface area contributed by atoms with E-state index in [-0.39, 0.29) is 18.1 Å². The van der Waals surface area contributed by atoms with Crippen molar-refractivity contribution in [1.29, 1.82) is 0 Å². The highest BCUT2D eigenvalue weighted by Crippen LogP contribution is 2.21. The Kier molecular flexibility index (Phi) is 5.27. The first-order valence-corrected chi connectivity index (χ1v) is 7.43. The monoisotopic (exact) mass is 353 g/mol. The fraction of sp³-hybridized carbons (Fsp3) is 0.200. The maximum atomic E-state index is 13.3. The van der Waals surface area contributed by atoms with E-state index >= 15 is 0 Å². The minimum atomic E-state index is -0.416. The van der Waals surface area contributed by atoms with E-state index in [0.717, 1.165) is 5.56 Å². The molecule has 4 nitrogen and oxygen atoms in total. The number of ether oxygens (including phenoxy) is 1. The lowest BCUT2D eigenvalue weighted by molar-refractivity contribution is -0.385. The van der Waals surface area contributed by atoms with Crippen molar-refractivity contribution in [2.75, 3.05) is 6.61 Å². The van der Waals surface area contributed by atoms with Crippen LogP contribution in [0.25, 0.3) is 0 Å². The van der Waals surface area contributed by atoms with Crippen LogP contribution in [0.2, 0.25) is 0 Å². The van der Waals surface area contributed by atoms with Crippen LogP contribution in [0.3, 0.4) is 0 Å². The van der Waals surface area contributed by atoms with Crippen LogP contribution in [0.1, 0.15) is 11.1 Å². The summed E-state index contributed by atoms with van der Waals surface area (Å²) in [6, 6.07) is 11.0. The average molecular weight is 354 g/mol. The highest BCUT2D eigenvalue weighted by atomic mass is 79.9. The lowest BCUT2D eigenvalue weighted by atomic mass is 10.1. The zero-order chi connectivity index (χ0) is 15.2. The van der Waals surface area contributed by atoms with Gasteiger partial charge in [-0.1, -0.05) is 34.1 Å². The van der Waals surface area contributed by atoms with Gasteiger partial charge < -0.3 is 4.74 Å². The van der Waals surface area contributed by atoms with Gasteiger partial charge in [0.15, 0.2) is 0 Å². The standard InChI is InChI=1S/C15H13BrFNO3/c16-10-11-7-13(17)9-14(8-11)21-6-5-12-3-1-2-4-15(12)18(19)20/h1-4,7-9H,5-6,10H2. The van der Waals surface area contributed by atoms with Gasteiger partial charge in [-0.05, 0) is 17.7 Å². The Morgan fingerprint density at radius 3 is 2.71 bits per heavy atom. The van der Waals surface area contributed by atoms with Crippen molar-refractivity contribution in [2.45, 2.75) is 11.8 Å². The average Bonchev–Trinajstić information content (AvgIpc) is 2.47. The molecule has 0 N–H and O–H groups in total. The zero-order valence-electron chi connectivity index (χ0n) is 11.1. The minimum Gasteiger partial charge on any atom is -0.493 e. The molecule has 0 saturated heterocycles. The molecule has 0 aliphatic carbocycles. The Labute approximate surface area is 129 Å². The molecule has 6 heteroatoms. The van der Waals surface area contributed by atoms with E-state index in [1.807, 2.05) is 0 Å². The van der Waals surface area contributed by atoms with Crippen LogP contribution in [0.15, 0.2) is 42.5 Å². The van der Waals surface area contributed by atoms with Crippen LogP contribution >= 0.6 is 15.9 Å². The lowest BCUT2D eigenvalue weighted by Crippen LogP contribution is -2.04. The molecule has 0 aliphatic heterocycles. The Bertz CT molecular complexity index is 649. The van der Waals surface area contributed by atoms with Crippen molar-refractivity contribution < 1.29 is 14.1 Å². The van der Waals surface area contributed by atoms with Gasteiger partial charge in [0.1, 0.15) is 11.6 Å². The molecule has 2 aromatic carbocycles.